The van der Waals surface area contributed by atoms with Crippen molar-refractivity contribution in [3.05, 3.63) is 20.8 Å². The number of hydrogen-bond acceptors (Lipinski definition) is 3. The number of nitrogens with one attached hydrogen (secondary N) is 1. The zero-order valence-corrected chi connectivity index (χ0v) is 12.9. The molecule has 2 aliphatic carbocycles. The Labute approximate surface area is 124 Å². The lowest BCUT2D eigenvalue weighted by atomic mass is 9.94. The fourth-order valence-electron chi connectivity index (χ4n) is 2.72. The van der Waals surface area contributed by atoms with E-state index in [1.54, 1.807) is 11.3 Å². The highest BCUT2D eigenvalue weighted by Gasteiger charge is 2.22. The van der Waals surface area contributed by atoms with Gasteiger partial charge in [-0.1, -0.05) is 11.6 Å². The summed E-state index contributed by atoms with van der Waals surface area (Å²) in [7, 11) is 0. The third-order valence-electron chi connectivity index (χ3n) is 3.99. The lowest BCUT2D eigenvalue weighted by molar-refractivity contribution is 0.121. The van der Waals surface area contributed by atoms with Gasteiger partial charge in [-0.25, -0.2) is 0 Å². The van der Waals surface area contributed by atoms with Crippen LogP contribution in [0.25, 0.3) is 0 Å². The SMILES string of the molecule is Clc1cc2c(s1)CCCC2NCCCOCC1CC1. The molecule has 0 saturated heterocycles. The van der Waals surface area contributed by atoms with Crippen LogP contribution < -0.4 is 5.32 Å². The molecule has 19 heavy (non-hydrogen) atoms. The monoisotopic (exact) mass is 299 g/mol. The molecule has 0 spiro atoms. The Morgan fingerprint density at radius 3 is 3.11 bits per heavy atom. The Bertz CT molecular complexity index is 416. The summed E-state index contributed by atoms with van der Waals surface area (Å²) < 4.78 is 6.60. The van der Waals surface area contributed by atoms with E-state index in [-0.39, 0.29) is 0 Å². The second-order valence-electron chi connectivity index (χ2n) is 5.70. The summed E-state index contributed by atoms with van der Waals surface area (Å²) in [5, 5.41) is 3.66. The Morgan fingerprint density at radius 2 is 2.26 bits per heavy atom. The van der Waals surface area contributed by atoms with Gasteiger partial charge in [0.05, 0.1) is 4.34 Å². The summed E-state index contributed by atoms with van der Waals surface area (Å²) >= 11 is 7.88. The van der Waals surface area contributed by atoms with Crippen molar-refractivity contribution in [2.75, 3.05) is 19.8 Å². The molecule has 0 aliphatic heterocycles. The summed E-state index contributed by atoms with van der Waals surface area (Å²) in [6.07, 6.45) is 7.58. The van der Waals surface area contributed by atoms with Crippen LogP contribution >= 0.6 is 22.9 Å². The normalized spacial score (nSPS) is 22.5. The second-order valence-corrected chi connectivity index (χ2v) is 7.47. The highest BCUT2D eigenvalue weighted by molar-refractivity contribution is 7.16. The van der Waals surface area contributed by atoms with Crippen molar-refractivity contribution in [1.82, 2.24) is 5.32 Å². The highest BCUT2D eigenvalue weighted by Crippen LogP contribution is 2.37. The maximum atomic E-state index is 6.13. The Kier molecular flexibility index (Phi) is 4.80. The van der Waals surface area contributed by atoms with Gasteiger partial charge in [-0.05, 0) is 62.6 Å². The number of thiophene rings is 1. The molecular weight excluding hydrogens is 278 g/mol. The van der Waals surface area contributed by atoms with Gasteiger partial charge >= 0.3 is 0 Å². The minimum absolute atomic E-state index is 0.510. The minimum Gasteiger partial charge on any atom is -0.381 e. The van der Waals surface area contributed by atoms with Crippen LogP contribution in [0.4, 0.5) is 0 Å². The van der Waals surface area contributed by atoms with Gasteiger partial charge in [0.1, 0.15) is 0 Å². The Hall–Kier alpha value is -0.0900. The van der Waals surface area contributed by atoms with Crippen LogP contribution in [-0.2, 0) is 11.2 Å². The van der Waals surface area contributed by atoms with Gasteiger partial charge in [-0.2, -0.15) is 0 Å². The topological polar surface area (TPSA) is 21.3 Å². The molecule has 1 fully saturated rings. The first-order valence-electron chi connectivity index (χ1n) is 7.42. The zero-order chi connectivity index (χ0) is 13.1. The van der Waals surface area contributed by atoms with Gasteiger partial charge in [0.2, 0.25) is 0 Å². The van der Waals surface area contributed by atoms with E-state index >= 15 is 0 Å². The van der Waals surface area contributed by atoms with Crippen LogP contribution in [0.2, 0.25) is 4.34 Å². The maximum Gasteiger partial charge on any atom is 0.0934 e. The molecule has 1 saturated carbocycles. The molecule has 1 unspecified atom stereocenters. The van der Waals surface area contributed by atoms with Crippen molar-refractivity contribution in [2.45, 2.75) is 44.6 Å². The van der Waals surface area contributed by atoms with Crippen LogP contribution in [0.5, 0.6) is 0 Å². The van der Waals surface area contributed by atoms with Crippen LogP contribution in [0.3, 0.4) is 0 Å². The first-order chi connectivity index (χ1) is 9.33. The molecule has 1 N–H and O–H groups in total. The molecule has 3 rings (SSSR count). The standard InChI is InChI=1S/C15H22ClNOS/c16-15-9-12-13(3-1-4-14(12)19-15)17-7-2-8-18-10-11-5-6-11/h9,11,13,17H,1-8,10H2. The molecule has 0 radical (unpaired) electrons. The lowest BCUT2D eigenvalue weighted by Gasteiger charge is -2.23. The minimum atomic E-state index is 0.510. The quantitative estimate of drug-likeness (QED) is 0.763. The molecule has 2 nitrogen and oxygen atoms in total. The van der Waals surface area contributed by atoms with Gasteiger partial charge in [0, 0.05) is 24.1 Å². The molecule has 0 amide bonds. The number of aryl methyl sites for hydroxylation is 1. The number of halogens is 1. The summed E-state index contributed by atoms with van der Waals surface area (Å²) in [5.74, 6) is 0.877. The van der Waals surface area contributed by atoms with Crippen molar-refractivity contribution in [2.24, 2.45) is 5.92 Å². The van der Waals surface area contributed by atoms with Gasteiger partial charge < -0.3 is 10.1 Å². The lowest BCUT2D eigenvalue weighted by Crippen LogP contribution is -2.26. The van der Waals surface area contributed by atoms with Crippen molar-refractivity contribution in [1.29, 1.82) is 0 Å². The predicted molar refractivity (Wildman–Crippen MR) is 81.2 cm³/mol. The van der Waals surface area contributed by atoms with E-state index in [9.17, 15) is 0 Å². The molecule has 1 aromatic heterocycles. The average Bonchev–Trinajstić information content (AvgIpc) is 3.13. The highest BCUT2D eigenvalue weighted by atomic mass is 35.5. The van der Waals surface area contributed by atoms with E-state index in [2.05, 4.69) is 11.4 Å². The van der Waals surface area contributed by atoms with Crippen LogP contribution in [0, 0.1) is 5.92 Å². The van der Waals surface area contributed by atoms with E-state index in [0.29, 0.717) is 6.04 Å². The first kappa shape index (κ1) is 13.9. The van der Waals surface area contributed by atoms with E-state index < -0.39 is 0 Å². The van der Waals surface area contributed by atoms with Crippen LogP contribution in [0.15, 0.2) is 6.07 Å². The van der Waals surface area contributed by atoms with E-state index in [0.717, 1.165) is 36.4 Å². The third kappa shape index (κ3) is 3.94. The molecule has 0 aromatic carbocycles. The number of hydrogen-bond donors (Lipinski definition) is 1. The van der Waals surface area contributed by atoms with Gasteiger partial charge in [-0.3, -0.25) is 0 Å². The average molecular weight is 300 g/mol. The van der Waals surface area contributed by atoms with Crippen molar-refractivity contribution in [3.8, 4) is 0 Å². The summed E-state index contributed by atoms with van der Waals surface area (Å²) in [5.41, 5.74) is 1.44. The van der Waals surface area contributed by atoms with Gasteiger partial charge in [0.15, 0.2) is 0 Å². The largest absolute Gasteiger partial charge is 0.381 e. The van der Waals surface area contributed by atoms with Crippen molar-refractivity contribution >= 4 is 22.9 Å². The molecule has 2 aliphatic rings. The molecule has 1 heterocycles. The van der Waals surface area contributed by atoms with Gasteiger partial charge in [-0.15, -0.1) is 11.3 Å². The third-order valence-corrected chi connectivity index (χ3v) is 5.33. The van der Waals surface area contributed by atoms with Crippen molar-refractivity contribution < 1.29 is 4.74 Å². The molecule has 4 heteroatoms. The summed E-state index contributed by atoms with van der Waals surface area (Å²) in [6, 6.07) is 2.66. The Morgan fingerprint density at radius 1 is 1.37 bits per heavy atom. The fourth-order valence-corrected chi connectivity index (χ4v) is 4.10. The van der Waals surface area contributed by atoms with Crippen LogP contribution in [0.1, 0.15) is 48.6 Å². The second kappa shape index (κ2) is 6.57. The molecule has 1 aromatic rings. The van der Waals surface area contributed by atoms with Crippen molar-refractivity contribution in [3.63, 3.8) is 0 Å². The maximum absolute atomic E-state index is 6.13. The van der Waals surface area contributed by atoms with E-state index in [4.69, 9.17) is 16.3 Å². The number of fused-ring (bicyclic) bond motifs is 1. The van der Waals surface area contributed by atoms with E-state index in [1.165, 1.54) is 42.5 Å². The van der Waals surface area contributed by atoms with E-state index in [1.807, 2.05) is 0 Å². The smallest absolute Gasteiger partial charge is 0.0934 e. The zero-order valence-electron chi connectivity index (χ0n) is 11.3. The van der Waals surface area contributed by atoms with Gasteiger partial charge in [0.25, 0.3) is 0 Å². The predicted octanol–water partition coefficient (Wildman–Crippen LogP) is 4.19. The summed E-state index contributed by atoms with van der Waals surface area (Å²) in [6.45, 7) is 2.92. The number of ether oxygens (including phenoxy) is 1. The first-order valence-corrected chi connectivity index (χ1v) is 8.61. The molecular formula is C15H22ClNOS. The summed E-state index contributed by atoms with van der Waals surface area (Å²) in [4.78, 5) is 1.48. The number of rotatable bonds is 7. The molecule has 106 valence electrons. The Balaban J connectivity index is 1.38. The fraction of sp³-hybridized carbons (Fsp3) is 0.733. The van der Waals surface area contributed by atoms with Crippen LogP contribution in [-0.4, -0.2) is 19.8 Å². The molecule has 0 bridgehead atoms. The molecule has 1 atom stereocenters.